The highest BCUT2D eigenvalue weighted by atomic mass is 16.5. The molecular weight excluding hydrogens is 230 g/mol. The highest BCUT2D eigenvalue weighted by Crippen LogP contribution is 2.15. The number of rotatable bonds is 4. The lowest BCUT2D eigenvalue weighted by Gasteiger charge is -2.36. The minimum absolute atomic E-state index is 0.0622. The predicted octanol–water partition coefficient (Wildman–Crippen LogP) is 0.793. The van der Waals surface area contributed by atoms with Gasteiger partial charge < -0.3 is 9.84 Å². The average molecular weight is 253 g/mol. The summed E-state index contributed by atoms with van der Waals surface area (Å²) < 4.78 is 7.70. The van der Waals surface area contributed by atoms with Gasteiger partial charge in [-0.1, -0.05) is 0 Å². The third kappa shape index (κ3) is 3.10. The summed E-state index contributed by atoms with van der Waals surface area (Å²) >= 11 is 0. The lowest BCUT2D eigenvalue weighted by atomic mass is 10.2. The Morgan fingerprint density at radius 1 is 1.50 bits per heavy atom. The van der Waals surface area contributed by atoms with Crippen LogP contribution < -0.4 is 0 Å². The Kier molecular flexibility index (Phi) is 4.37. The summed E-state index contributed by atoms with van der Waals surface area (Å²) in [5, 5.41) is 13.7. The summed E-state index contributed by atoms with van der Waals surface area (Å²) in [4.78, 5) is 2.33. The van der Waals surface area contributed by atoms with Gasteiger partial charge in [-0.2, -0.15) is 5.10 Å². The molecule has 102 valence electrons. The van der Waals surface area contributed by atoms with Gasteiger partial charge in [-0.25, -0.2) is 0 Å². The molecule has 0 bridgehead atoms. The van der Waals surface area contributed by atoms with E-state index in [0.29, 0.717) is 0 Å². The second-order valence-electron chi connectivity index (χ2n) is 5.04. The van der Waals surface area contributed by atoms with Crippen molar-refractivity contribution in [3.05, 3.63) is 17.5 Å². The summed E-state index contributed by atoms with van der Waals surface area (Å²) in [6, 6.07) is 2.14. The van der Waals surface area contributed by atoms with Gasteiger partial charge >= 0.3 is 0 Å². The molecule has 1 fully saturated rings. The van der Waals surface area contributed by atoms with E-state index in [2.05, 4.69) is 29.9 Å². The van der Waals surface area contributed by atoms with Crippen LogP contribution in [-0.2, 0) is 17.8 Å². The van der Waals surface area contributed by atoms with Gasteiger partial charge in [0.05, 0.1) is 30.2 Å². The number of aliphatic hydroxyl groups excluding tert-OH is 1. The minimum Gasteiger partial charge on any atom is -0.394 e. The van der Waals surface area contributed by atoms with Gasteiger partial charge in [-0.15, -0.1) is 0 Å². The normalized spacial score (nSPS) is 25.6. The Morgan fingerprint density at radius 3 is 2.94 bits per heavy atom. The van der Waals surface area contributed by atoms with Crippen LogP contribution in [0.5, 0.6) is 0 Å². The van der Waals surface area contributed by atoms with E-state index in [1.807, 2.05) is 11.6 Å². The Balaban J connectivity index is 2.03. The number of aromatic nitrogens is 2. The fourth-order valence-corrected chi connectivity index (χ4v) is 2.60. The first-order valence-corrected chi connectivity index (χ1v) is 6.64. The lowest BCUT2D eigenvalue weighted by molar-refractivity contribution is -0.0977. The van der Waals surface area contributed by atoms with E-state index in [1.54, 1.807) is 0 Å². The fourth-order valence-electron chi connectivity index (χ4n) is 2.60. The zero-order chi connectivity index (χ0) is 13.1. The molecule has 2 heterocycles. The van der Waals surface area contributed by atoms with Gasteiger partial charge in [0.25, 0.3) is 0 Å². The number of ether oxygens (including phenoxy) is 1. The molecule has 1 saturated heterocycles. The van der Waals surface area contributed by atoms with Crippen molar-refractivity contribution in [3.63, 3.8) is 0 Å². The molecule has 0 radical (unpaired) electrons. The highest BCUT2D eigenvalue weighted by Gasteiger charge is 2.25. The number of aliphatic hydroxyl groups is 1. The molecular formula is C13H23N3O2. The zero-order valence-electron chi connectivity index (χ0n) is 11.5. The molecule has 0 saturated carbocycles. The van der Waals surface area contributed by atoms with Crippen LogP contribution in [0.3, 0.4) is 0 Å². The van der Waals surface area contributed by atoms with Crippen LogP contribution in [0.25, 0.3) is 0 Å². The van der Waals surface area contributed by atoms with Crippen molar-refractivity contribution in [2.75, 3.05) is 19.7 Å². The number of hydrogen-bond donors (Lipinski definition) is 1. The van der Waals surface area contributed by atoms with Crippen molar-refractivity contribution in [1.82, 2.24) is 14.7 Å². The maximum absolute atomic E-state index is 9.23. The first kappa shape index (κ1) is 13.5. The van der Waals surface area contributed by atoms with Gasteiger partial charge in [0.2, 0.25) is 0 Å². The van der Waals surface area contributed by atoms with Gasteiger partial charge in [-0.3, -0.25) is 9.58 Å². The molecule has 2 rings (SSSR count). The van der Waals surface area contributed by atoms with Crippen LogP contribution in [0.4, 0.5) is 0 Å². The van der Waals surface area contributed by atoms with E-state index >= 15 is 0 Å². The van der Waals surface area contributed by atoms with Crippen molar-refractivity contribution < 1.29 is 9.84 Å². The van der Waals surface area contributed by atoms with E-state index in [9.17, 15) is 5.11 Å². The molecule has 1 N–H and O–H groups in total. The molecule has 5 heteroatoms. The number of hydrogen-bond acceptors (Lipinski definition) is 4. The molecule has 0 amide bonds. The van der Waals surface area contributed by atoms with Gasteiger partial charge in [0.1, 0.15) is 0 Å². The van der Waals surface area contributed by atoms with Crippen LogP contribution in [0.1, 0.15) is 25.2 Å². The van der Waals surface area contributed by atoms with Crippen molar-refractivity contribution in [2.45, 2.75) is 46.1 Å². The molecule has 1 aromatic rings. The Morgan fingerprint density at radius 2 is 2.28 bits per heavy atom. The molecule has 2 atom stereocenters. The van der Waals surface area contributed by atoms with E-state index in [1.165, 1.54) is 5.69 Å². The van der Waals surface area contributed by atoms with Crippen LogP contribution in [0.15, 0.2) is 6.07 Å². The smallest absolute Gasteiger partial charge is 0.0936 e. The van der Waals surface area contributed by atoms with Gasteiger partial charge in [0, 0.05) is 26.2 Å². The molecule has 0 spiro atoms. The van der Waals surface area contributed by atoms with E-state index in [4.69, 9.17) is 4.74 Å². The van der Waals surface area contributed by atoms with Crippen molar-refractivity contribution in [2.24, 2.45) is 0 Å². The molecule has 1 aliphatic rings. The van der Waals surface area contributed by atoms with Crippen LogP contribution >= 0.6 is 0 Å². The van der Waals surface area contributed by atoms with E-state index < -0.39 is 0 Å². The summed E-state index contributed by atoms with van der Waals surface area (Å²) in [5.74, 6) is 0. The third-order valence-corrected chi connectivity index (χ3v) is 3.28. The molecule has 1 aliphatic heterocycles. The maximum atomic E-state index is 9.23. The average Bonchev–Trinajstić information content (AvgIpc) is 2.68. The minimum atomic E-state index is -0.0622. The largest absolute Gasteiger partial charge is 0.394 e. The summed E-state index contributed by atoms with van der Waals surface area (Å²) in [6.07, 6.45) is 0.114. The highest BCUT2D eigenvalue weighted by molar-refractivity contribution is 5.09. The molecule has 18 heavy (non-hydrogen) atoms. The predicted molar refractivity (Wildman–Crippen MR) is 69.3 cm³/mol. The molecule has 0 aliphatic carbocycles. The summed E-state index contributed by atoms with van der Waals surface area (Å²) in [6.45, 7) is 9.73. The monoisotopic (exact) mass is 253 g/mol. The van der Waals surface area contributed by atoms with Crippen molar-refractivity contribution in [1.29, 1.82) is 0 Å². The first-order valence-electron chi connectivity index (χ1n) is 6.64. The third-order valence-electron chi connectivity index (χ3n) is 3.28. The van der Waals surface area contributed by atoms with Crippen LogP contribution in [-0.4, -0.2) is 51.7 Å². The Labute approximate surface area is 108 Å². The van der Waals surface area contributed by atoms with Crippen LogP contribution in [0.2, 0.25) is 0 Å². The number of morpholine rings is 1. The van der Waals surface area contributed by atoms with Gasteiger partial charge in [-0.05, 0) is 26.8 Å². The van der Waals surface area contributed by atoms with Crippen molar-refractivity contribution in [3.8, 4) is 0 Å². The molecule has 1 aromatic heterocycles. The quantitative estimate of drug-likeness (QED) is 0.862. The first-order chi connectivity index (χ1) is 8.62. The van der Waals surface area contributed by atoms with E-state index in [0.717, 1.165) is 31.9 Å². The number of nitrogens with zero attached hydrogens (tertiary/aromatic N) is 3. The summed E-state index contributed by atoms with van der Waals surface area (Å²) in [7, 11) is 0. The second-order valence-corrected chi connectivity index (χ2v) is 5.04. The fraction of sp³-hybridized carbons (Fsp3) is 0.769. The van der Waals surface area contributed by atoms with Crippen LogP contribution in [0, 0.1) is 6.92 Å². The molecule has 5 nitrogen and oxygen atoms in total. The Bertz CT molecular complexity index is 392. The standard InChI is InChI=1S/C13H23N3O2/c1-4-16-12(5-10(2)14-16)7-15-6-11(3)18-13(8-15)9-17/h5,11,13,17H,4,6-9H2,1-3H3. The van der Waals surface area contributed by atoms with Crippen molar-refractivity contribution >= 4 is 0 Å². The Hall–Kier alpha value is -0.910. The molecule has 2 unspecified atom stereocenters. The summed E-state index contributed by atoms with van der Waals surface area (Å²) in [5.41, 5.74) is 2.30. The second kappa shape index (κ2) is 5.82. The number of aryl methyl sites for hydroxylation is 2. The zero-order valence-corrected chi connectivity index (χ0v) is 11.5. The van der Waals surface area contributed by atoms with E-state index in [-0.39, 0.29) is 18.8 Å². The molecule has 0 aromatic carbocycles. The SMILES string of the molecule is CCn1nc(C)cc1CN1CC(C)OC(CO)C1. The lowest BCUT2D eigenvalue weighted by Crippen LogP contribution is -2.47. The van der Waals surface area contributed by atoms with Gasteiger partial charge in [0.15, 0.2) is 0 Å². The topological polar surface area (TPSA) is 50.5 Å². The maximum Gasteiger partial charge on any atom is 0.0936 e.